The van der Waals surface area contributed by atoms with Crippen molar-refractivity contribution in [2.24, 2.45) is 104 Å². The molecule has 12 fully saturated rings. The van der Waals surface area contributed by atoms with Gasteiger partial charge in [0, 0.05) is 75.8 Å². The molecule has 12 aliphatic carbocycles. The minimum Gasteiger partial charge on any atom is -0.870 e. The summed E-state index contributed by atoms with van der Waals surface area (Å²) in [5.74, 6) is 5.37. The number of aliphatic hydroxyl groups is 2. The summed E-state index contributed by atoms with van der Waals surface area (Å²) in [7, 11) is -2.55. The summed E-state index contributed by atoms with van der Waals surface area (Å²) >= 11 is 0. The maximum Gasteiger partial charge on any atom is 1.00 e. The summed E-state index contributed by atoms with van der Waals surface area (Å²) < 4.78 is 39.1. The molecular weight excluding hydrogens is 1250 g/mol. The number of ketones is 2. The third kappa shape index (κ3) is 17.1. The molecule has 0 radical (unpaired) electrons. The Hall–Kier alpha value is -2.35. The van der Waals surface area contributed by atoms with Gasteiger partial charge in [0.25, 0.3) is 13.7 Å². The zero-order valence-corrected chi connectivity index (χ0v) is 62.5. The second-order valence-corrected chi connectivity index (χ2v) is 34.4. The molecule has 19 heteroatoms. The largest absolute Gasteiger partial charge is 1.00 e. The van der Waals surface area contributed by atoms with Gasteiger partial charge in [-0.05, 0) is 223 Å². The van der Waals surface area contributed by atoms with Gasteiger partial charge in [-0.25, -0.2) is 11.4 Å². The van der Waals surface area contributed by atoms with Gasteiger partial charge in [0.15, 0.2) is 6.20 Å². The molecular formula is C76H125KN2O15P-. The molecule has 0 aliphatic heterocycles. The van der Waals surface area contributed by atoms with Crippen LogP contribution in [0, 0.1) is 124 Å². The van der Waals surface area contributed by atoms with E-state index in [1.54, 1.807) is 13.1 Å². The number of hydrogen-bond donors (Lipinski definition) is 2. The molecule has 0 heterocycles. The van der Waals surface area contributed by atoms with E-state index < -0.39 is 7.37 Å². The molecule has 0 saturated heterocycles. The van der Waals surface area contributed by atoms with Gasteiger partial charge >= 0.3 is 75.3 Å². The maximum absolute atomic E-state index is 12.8. The van der Waals surface area contributed by atoms with E-state index in [1.807, 2.05) is 0 Å². The molecule has 536 valence electrons. The van der Waals surface area contributed by atoms with E-state index in [0.717, 1.165) is 116 Å². The van der Waals surface area contributed by atoms with Crippen LogP contribution in [0.5, 0.6) is 0 Å². The number of carbonyl (C=O) groups is 6. The SMILES string of the molecule is C.C.C.CC(=O)O[C@@H]1CC[C@@]2(C)[C@@H](CC[C@@H]3[C@@H]2[C@@H](OC(C)=O)C[C@]2(C)C(=O)CC[C@@H]32)C1.CC(=O)O[C@H]1C[C@]2(C)C(=O)CC[C@H]2[C@@H]2CC[C@H]3C[C@H](O)CC[C@]3(C)[C@H]21.[C-]#[N+]/C=C1/CC[C@H]2[C@@H]3CC[C@H]4C[C@H](O)CC[C@]4(C)[C@H]3[C@@H](OC(C)=O)C[C@]12C.[C-]#[N+]CP(C)(=O)OCC.[CH3-].[K+].[OH-]. The molecule has 12 saturated carbocycles. The molecule has 3 N–H and O–H groups in total. The first-order valence-corrected chi connectivity index (χ1v) is 36.8. The van der Waals surface area contributed by atoms with Crippen LogP contribution in [0.3, 0.4) is 0 Å². The van der Waals surface area contributed by atoms with Gasteiger partial charge in [0.1, 0.15) is 36.0 Å². The van der Waals surface area contributed by atoms with Crippen molar-refractivity contribution in [2.75, 3.05) is 19.6 Å². The zero-order chi connectivity index (χ0) is 65.0. The minimum absolute atomic E-state index is 0. The summed E-state index contributed by atoms with van der Waals surface area (Å²) in [6, 6.07) is 0. The van der Waals surface area contributed by atoms with Gasteiger partial charge in [-0.1, -0.05) is 69.4 Å². The first-order chi connectivity index (χ1) is 41.8. The van der Waals surface area contributed by atoms with Gasteiger partial charge in [-0.3, -0.25) is 33.3 Å². The Kier molecular flexibility index (Phi) is 31.2. The molecule has 0 amide bonds. The number of carbonyl (C=O) groups excluding carboxylic acids is 6. The van der Waals surface area contributed by atoms with Crippen LogP contribution < -0.4 is 51.4 Å². The van der Waals surface area contributed by atoms with Crippen molar-refractivity contribution in [1.82, 2.24) is 0 Å². The van der Waals surface area contributed by atoms with E-state index in [0.29, 0.717) is 115 Å². The molecule has 25 atom stereocenters. The molecule has 0 spiro atoms. The maximum atomic E-state index is 12.8. The predicted octanol–water partition coefficient (Wildman–Crippen LogP) is 13.3. The van der Waals surface area contributed by atoms with Crippen molar-refractivity contribution in [3.63, 3.8) is 0 Å². The quantitative estimate of drug-likeness (QED) is 0.0791. The van der Waals surface area contributed by atoms with E-state index in [-0.39, 0.29) is 186 Å². The van der Waals surface area contributed by atoms with Crippen LogP contribution in [0.1, 0.15) is 253 Å². The van der Waals surface area contributed by atoms with Crippen molar-refractivity contribution >= 4 is 42.8 Å². The average molecular weight is 1380 g/mol. The van der Waals surface area contributed by atoms with Gasteiger partial charge in [-0.15, -0.1) is 0 Å². The molecule has 17 nitrogen and oxygen atoms in total. The number of allylic oxidation sites excluding steroid dienone is 1. The van der Waals surface area contributed by atoms with Gasteiger partial charge < -0.3 is 51.4 Å². The summed E-state index contributed by atoms with van der Waals surface area (Å²) in [5.41, 5.74) is 0.961. The molecule has 0 bridgehead atoms. The smallest absolute Gasteiger partial charge is 0.870 e. The standard InChI is InChI=1S/C23H33NO3.C23H34O5.C21H32O4.C5H10NO2P.3CH4.CH3.K.H2O/c1-14(25)27-20-12-23(3)16(13-24-4)6-8-19(23)18-7-5-15-11-17(26)9-10-22(15,2)21(18)20;1-13(24)27-16-9-10-22(3)15(11-16)5-6-17-18-7-8-20(26)23(18,4)12-19(21(17)22)28-14(2)25;1-12(22)25-17-11-21(3)16(6-7-18(21)24)15-5-4-13-10-14(23)8-9-20(13,2)19(15)17;1-4-8-9(3,7)5-6-2;;;;;;/h13,15,17-21,26H,5-12H2,1-3H3;15-19,21H,5-12H2,1-4H3;13-17,19,23H,4-11H2,1-3H3;4-5H2,1,3H3;3*1H4;1H3;;1H2/q;;;;;;;-1;+1;/p-1/b16-13-;;;;;;;;;/t15-,17+,18-,19-,20-,21+,22-,23+;15-,16+,17-,18-,19-,21+,22-,23-;13-,14+,15-,16-,17-,19+,20-,21-;;;;;;;/m000......./s1. The van der Waals surface area contributed by atoms with Crippen molar-refractivity contribution in [1.29, 1.82) is 0 Å². The molecule has 0 aromatic carbocycles. The van der Waals surface area contributed by atoms with E-state index in [2.05, 4.69) is 51.2 Å². The monoisotopic (exact) mass is 1380 g/mol. The molecule has 1 unspecified atom stereocenters. The first-order valence-electron chi connectivity index (χ1n) is 34.5. The number of nitrogens with zero attached hydrogens (tertiary/aromatic N) is 2. The molecule has 0 aromatic rings. The Bertz CT molecular complexity index is 2860. The minimum atomic E-state index is -2.55. The summed E-state index contributed by atoms with van der Waals surface area (Å²) in [6.45, 7) is 37.1. The summed E-state index contributed by atoms with van der Waals surface area (Å²) in [4.78, 5) is 79.2. The fourth-order valence-electron chi connectivity index (χ4n) is 23.4. The van der Waals surface area contributed by atoms with Gasteiger partial charge in [0.05, 0.1) is 25.4 Å². The van der Waals surface area contributed by atoms with Crippen LogP contribution in [0.4, 0.5) is 0 Å². The molecule has 12 rings (SSSR count). The predicted molar refractivity (Wildman–Crippen MR) is 365 cm³/mol. The Balaban J connectivity index is 0.000000339. The summed E-state index contributed by atoms with van der Waals surface area (Å²) in [5, 5.41) is 20.4. The zero-order valence-electron chi connectivity index (χ0n) is 58.4. The topological polar surface area (TPSA) is 245 Å². The van der Waals surface area contributed by atoms with Crippen LogP contribution >= 0.6 is 7.37 Å². The fraction of sp³-hybridized carbons (Fsp3) is 0.855. The number of Topliss-reactive ketones (excluding diaryl/α,β-unsaturated/α-hetero) is 2. The van der Waals surface area contributed by atoms with Crippen LogP contribution in [0.15, 0.2) is 11.8 Å². The fourth-order valence-corrected chi connectivity index (χ4v) is 24.3. The third-order valence-electron chi connectivity index (χ3n) is 27.1. The Morgan fingerprint density at radius 3 is 1.25 bits per heavy atom. The number of hydrogen-bond acceptors (Lipinski definition) is 15. The number of esters is 4. The van der Waals surface area contributed by atoms with Crippen molar-refractivity contribution in [3.05, 3.63) is 42.0 Å². The number of rotatable bonds is 7. The van der Waals surface area contributed by atoms with Crippen LogP contribution in [-0.2, 0) is 56.8 Å². The number of fused-ring (bicyclic) bond motifs is 15. The second-order valence-electron chi connectivity index (χ2n) is 31.9. The van der Waals surface area contributed by atoms with Gasteiger partial charge in [-0.2, -0.15) is 0 Å². The molecule has 12 aliphatic rings. The Morgan fingerprint density at radius 1 is 0.547 bits per heavy atom. The average Bonchev–Trinajstić information content (AvgIpc) is 1.15. The van der Waals surface area contributed by atoms with E-state index in [4.69, 9.17) is 36.6 Å². The normalized spacial score (nSPS) is 43.5. The first kappa shape index (κ1) is 86.9. The third-order valence-corrected chi connectivity index (χ3v) is 28.6. The van der Waals surface area contributed by atoms with Crippen molar-refractivity contribution in [3.8, 4) is 0 Å². The van der Waals surface area contributed by atoms with Crippen LogP contribution in [-0.4, -0.2) is 107 Å². The second kappa shape index (κ2) is 34.1. The number of ether oxygens (including phenoxy) is 4. The summed E-state index contributed by atoms with van der Waals surface area (Å²) in [6.07, 6.45) is 23.9. The van der Waals surface area contributed by atoms with E-state index in [9.17, 15) is 43.5 Å². The van der Waals surface area contributed by atoms with Gasteiger partial charge in [0.2, 0.25) is 0 Å². The van der Waals surface area contributed by atoms with Crippen molar-refractivity contribution < 1.29 is 124 Å². The van der Waals surface area contributed by atoms with Crippen LogP contribution in [0.2, 0.25) is 0 Å². The molecule has 0 aromatic heterocycles. The van der Waals surface area contributed by atoms with E-state index in [1.165, 1.54) is 52.8 Å². The molecule has 95 heavy (non-hydrogen) atoms. The Labute approximate surface area is 616 Å². The Morgan fingerprint density at radius 2 is 0.895 bits per heavy atom. The van der Waals surface area contributed by atoms with E-state index >= 15 is 0 Å². The van der Waals surface area contributed by atoms with Crippen LogP contribution in [0.25, 0.3) is 9.69 Å². The number of aliphatic hydroxyl groups excluding tert-OH is 2. The van der Waals surface area contributed by atoms with Crippen molar-refractivity contribution in [2.45, 2.75) is 289 Å².